The highest BCUT2D eigenvalue weighted by molar-refractivity contribution is 4.80. The molecule has 3 nitrogen and oxygen atoms in total. The molecule has 0 radical (unpaired) electrons. The van der Waals surface area contributed by atoms with Crippen LogP contribution in [0.3, 0.4) is 0 Å². The second kappa shape index (κ2) is 7.34. The molecule has 1 rings (SSSR count). The predicted molar refractivity (Wildman–Crippen MR) is 75.4 cm³/mol. The maximum Gasteiger partial charge on any atom is 0.0113 e. The van der Waals surface area contributed by atoms with Crippen molar-refractivity contribution in [3.8, 4) is 0 Å². The Balaban J connectivity index is 2.30. The Hall–Kier alpha value is -0.120. The average Bonchev–Trinajstić information content (AvgIpc) is 2.28. The summed E-state index contributed by atoms with van der Waals surface area (Å²) in [5.41, 5.74) is 0. The van der Waals surface area contributed by atoms with E-state index in [0.29, 0.717) is 6.04 Å². The Morgan fingerprint density at radius 3 is 2.06 bits per heavy atom. The first-order chi connectivity index (χ1) is 8.04. The van der Waals surface area contributed by atoms with Gasteiger partial charge in [0.1, 0.15) is 0 Å². The first-order valence-corrected chi connectivity index (χ1v) is 7.15. The topological polar surface area (TPSA) is 18.5 Å². The van der Waals surface area contributed by atoms with Crippen LogP contribution in [-0.4, -0.2) is 62.2 Å². The van der Waals surface area contributed by atoms with Crippen LogP contribution in [-0.2, 0) is 0 Å². The van der Waals surface area contributed by atoms with Crippen molar-refractivity contribution in [1.82, 2.24) is 15.1 Å². The van der Waals surface area contributed by atoms with Crippen LogP contribution in [0.1, 0.15) is 27.7 Å². The van der Waals surface area contributed by atoms with E-state index in [2.05, 4.69) is 42.8 Å². The van der Waals surface area contributed by atoms with Gasteiger partial charge in [-0.25, -0.2) is 0 Å². The van der Waals surface area contributed by atoms with Crippen LogP contribution in [0.15, 0.2) is 0 Å². The monoisotopic (exact) mass is 241 g/mol. The minimum Gasteiger partial charge on any atom is -0.319 e. The lowest BCUT2D eigenvalue weighted by molar-refractivity contribution is 0.0752. The summed E-state index contributed by atoms with van der Waals surface area (Å²) < 4.78 is 0. The third-order valence-corrected chi connectivity index (χ3v) is 3.96. The minimum atomic E-state index is 0.698. The molecule has 0 saturated carbocycles. The maximum atomic E-state index is 3.29. The first kappa shape index (κ1) is 14.9. The lowest BCUT2D eigenvalue weighted by Crippen LogP contribution is -2.52. The van der Waals surface area contributed by atoms with E-state index < -0.39 is 0 Å². The smallest absolute Gasteiger partial charge is 0.0113 e. The van der Waals surface area contributed by atoms with Crippen molar-refractivity contribution in [3.05, 3.63) is 0 Å². The van der Waals surface area contributed by atoms with Crippen LogP contribution < -0.4 is 5.32 Å². The Morgan fingerprint density at radius 2 is 1.59 bits per heavy atom. The van der Waals surface area contributed by atoms with E-state index in [1.165, 1.54) is 32.7 Å². The van der Waals surface area contributed by atoms with Gasteiger partial charge >= 0.3 is 0 Å². The molecule has 0 aromatic carbocycles. The van der Waals surface area contributed by atoms with Crippen molar-refractivity contribution in [2.75, 3.05) is 46.3 Å². The van der Waals surface area contributed by atoms with E-state index in [9.17, 15) is 0 Å². The van der Waals surface area contributed by atoms with Crippen LogP contribution in [0, 0.1) is 11.8 Å². The molecule has 3 heteroatoms. The van der Waals surface area contributed by atoms with Crippen LogP contribution in [0.5, 0.6) is 0 Å². The lowest BCUT2D eigenvalue weighted by Gasteiger charge is -2.40. The van der Waals surface area contributed by atoms with Crippen LogP contribution in [0.2, 0.25) is 0 Å². The van der Waals surface area contributed by atoms with Gasteiger partial charge in [0.2, 0.25) is 0 Å². The van der Waals surface area contributed by atoms with Crippen LogP contribution in [0.4, 0.5) is 0 Å². The molecular formula is C14H31N3. The fourth-order valence-electron chi connectivity index (χ4n) is 2.72. The maximum absolute atomic E-state index is 3.29. The zero-order valence-electron chi connectivity index (χ0n) is 12.4. The third kappa shape index (κ3) is 4.94. The zero-order valence-corrected chi connectivity index (χ0v) is 12.4. The van der Waals surface area contributed by atoms with Crippen molar-refractivity contribution >= 4 is 0 Å². The quantitative estimate of drug-likeness (QED) is 0.760. The molecule has 0 amide bonds. The molecule has 2 atom stereocenters. The van der Waals surface area contributed by atoms with Gasteiger partial charge in [0.25, 0.3) is 0 Å². The summed E-state index contributed by atoms with van der Waals surface area (Å²) in [5, 5.41) is 3.29. The van der Waals surface area contributed by atoms with Crippen molar-refractivity contribution in [1.29, 1.82) is 0 Å². The highest BCUT2D eigenvalue weighted by Gasteiger charge is 2.24. The van der Waals surface area contributed by atoms with E-state index in [0.717, 1.165) is 18.4 Å². The molecule has 0 aromatic rings. The standard InChI is InChI=1S/C14H31N3/c1-12(2)11-16-6-8-17(9-7-16)14(4)13(3)10-15-5/h12-15H,6-11H2,1-5H3. The number of hydrogen-bond acceptors (Lipinski definition) is 3. The molecular weight excluding hydrogens is 210 g/mol. The number of hydrogen-bond donors (Lipinski definition) is 1. The Morgan fingerprint density at radius 1 is 1.00 bits per heavy atom. The van der Waals surface area contributed by atoms with E-state index in [-0.39, 0.29) is 0 Å². The molecule has 17 heavy (non-hydrogen) atoms. The zero-order chi connectivity index (χ0) is 12.8. The van der Waals surface area contributed by atoms with Gasteiger partial charge in [0.05, 0.1) is 0 Å². The Kier molecular flexibility index (Phi) is 6.45. The van der Waals surface area contributed by atoms with Crippen molar-refractivity contribution in [3.63, 3.8) is 0 Å². The fourth-order valence-corrected chi connectivity index (χ4v) is 2.72. The highest BCUT2D eigenvalue weighted by atomic mass is 15.3. The number of nitrogens with one attached hydrogen (secondary N) is 1. The van der Waals surface area contributed by atoms with Crippen LogP contribution >= 0.6 is 0 Å². The summed E-state index contributed by atoms with van der Waals surface area (Å²) in [6, 6.07) is 0.698. The summed E-state index contributed by atoms with van der Waals surface area (Å²) in [6.07, 6.45) is 0. The van der Waals surface area contributed by atoms with Crippen molar-refractivity contribution < 1.29 is 0 Å². The number of piperazine rings is 1. The Labute approximate surface area is 108 Å². The molecule has 1 fully saturated rings. The minimum absolute atomic E-state index is 0.698. The number of nitrogens with zero attached hydrogens (tertiary/aromatic N) is 2. The van der Waals surface area contributed by atoms with Gasteiger partial charge < -0.3 is 10.2 Å². The Bertz CT molecular complexity index is 198. The predicted octanol–water partition coefficient (Wildman–Crippen LogP) is 1.50. The van der Waals surface area contributed by atoms with E-state index >= 15 is 0 Å². The van der Waals surface area contributed by atoms with E-state index in [1.807, 2.05) is 7.05 Å². The lowest BCUT2D eigenvalue weighted by atomic mass is 10.0. The average molecular weight is 241 g/mol. The summed E-state index contributed by atoms with van der Waals surface area (Å²) in [5.74, 6) is 1.53. The molecule has 1 saturated heterocycles. The first-order valence-electron chi connectivity index (χ1n) is 7.15. The highest BCUT2D eigenvalue weighted by Crippen LogP contribution is 2.14. The second-order valence-corrected chi connectivity index (χ2v) is 6.01. The summed E-state index contributed by atoms with van der Waals surface area (Å²) in [7, 11) is 2.05. The molecule has 1 aliphatic rings. The second-order valence-electron chi connectivity index (χ2n) is 6.01. The van der Waals surface area contributed by atoms with Gasteiger partial charge in [-0.3, -0.25) is 4.90 Å². The van der Waals surface area contributed by atoms with E-state index in [1.54, 1.807) is 0 Å². The van der Waals surface area contributed by atoms with Gasteiger partial charge in [-0.15, -0.1) is 0 Å². The van der Waals surface area contributed by atoms with E-state index in [4.69, 9.17) is 0 Å². The molecule has 2 unspecified atom stereocenters. The molecule has 0 bridgehead atoms. The third-order valence-electron chi connectivity index (χ3n) is 3.96. The molecule has 1 aliphatic heterocycles. The summed E-state index contributed by atoms with van der Waals surface area (Å²) >= 11 is 0. The molecule has 1 heterocycles. The molecule has 1 N–H and O–H groups in total. The van der Waals surface area contributed by atoms with Gasteiger partial charge in [0, 0.05) is 38.8 Å². The molecule has 0 aromatic heterocycles. The van der Waals surface area contributed by atoms with Gasteiger partial charge in [-0.05, 0) is 32.4 Å². The SMILES string of the molecule is CNCC(C)C(C)N1CCN(CC(C)C)CC1. The summed E-state index contributed by atoms with van der Waals surface area (Å²) in [4.78, 5) is 5.26. The van der Waals surface area contributed by atoms with Gasteiger partial charge in [-0.1, -0.05) is 20.8 Å². The molecule has 0 aliphatic carbocycles. The van der Waals surface area contributed by atoms with Crippen molar-refractivity contribution in [2.24, 2.45) is 11.8 Å². The molecule has 0 spiro atoms. The fraction of sp³-hybridized carbons (Fsp3) is 1.00. The van der Waals surface area contributed by atoms with Crippen molar-refractivity contribution in [2.45, 2.75) is 33.7 Å². The largest absolute Gasteiger partial charge is 0.319 e. The number of rotatable bonds is 6. The molecule has 102 valence electrons. The van der Waals surface area contributed by atoms with Gasteiger partial charge in [0.15, 0.2) is 0 Å². The van der Waals surface area contributed by atoms with Gasteiger partial charge in [-0.2, -0.15) is 0 Å². The van der Waals surface area contributed by atoms with Crippen LogP contribution in [0.25, 0.3) is 0 Å². The normalized spacial score (nSPS) is 22.9. The summed E-state index contributed by atoms with van der Waals surface area (Å²) in [6.45, 7) is 16.7.